The van der Waals surface area contributed by atoms with E-state index in [1.54, 1.807) is 18.4 Å². The Balaban J connectivity index is 2.08. The maximum Gasteiger partial charge on any atom is 0.315 e. The molecule has 1 atom stereocenters. The van der Waals surface area contributed by atoms with Crippen molar-refractivity contribution in [2.24, 2.45) is 0 Å². The van der Waals surface area contributed by atoms with E-state index in [9.17, 15) is 4.79 Å². The largest absolute Gasteiger partial charge is 0.465 e. The first-order valence-electron chi connectivity index (χ1n) is 6.90. The van der Waals surface area contributed by atoms with Gasteiger partial charge in [0.05, 0.1) is 17.3 Å². The molecule has 1 heterocycles. The van der Waals surface area contributed by atoms with E-state index >= 15 is 0 Å². The molecule has 0 N–H and O–H groups in total. The summed E-state index contributed by atoms with van der Waals surface area (Å²) in [7, 11) is 1.71. The summed E-state index contributed by atoms with van der Waals surface area (Å²) in [4.78, 5) is 17.9. The maximum atomic E-state index is 12.0. The van der Waals surface area contributed by atoms with Gasteiger partial charge >= 0.3 is 5.97 Å². The van der Waals surface area contributed by atoms with Gasteiger partial charge in [0, 0.05) is 25.0 Å². The summed E-state index contributed by atoms with van der Waals surface area (Å²) in [6, 6.07) is 0. The maximum absolute atomic E-state index is 12.0. The van der Waals surface area contributed by atoms with Crippen molar-refractivity contribution in [2.75, 3.05) is 20.3 Å². The van der Waals surface area contributed by atoms with Crippen LogP contribution in [-0.4, -0.2) is 31.3 Å². The second-order valence-corrected chi connectivity index (χ2v) is 5.88. The number of fused-ring (bicyclic) bond motifs is 1. The molecule has 0 bridgehead atoms. The van der Waals surface area contributed by atoms with Crippen LogP contribution in [0.4, 0.5) is 0 Å². The van der Waals surface area contributed by atoms with Crippen molar-refractivity contribution in [2.45, 2.75) is 44.9 Å². The fourth-order valence-electron chi connectivity index (χ4n) is 2.42. The molecule has 0 fully saturated rings. The van der Waals surface area contributed by atoms with Gasteiger partial charge in [-0.25, -0.2) is 4.98 Å². The number of carbonyl (C=O) groups is 1. The van der Waals surface area contributed by atoms with Gasteiger partial charge in [0.1, 0.15) is 5.92 Å². The third kappa shape index (κ3) is 3.54. The van der Waals surface area contributed by atoms with Crippen LogP contribution in [0.5, 0.6) is 0 Å². The Morgan fingerprint density at radius 2 is 2.37 bits per heavy atom. The topological polar surface area (TPSA) is 48.4 Å². The van der Waals surface area contributed by atoms with Crippen LogP contribution in [0, 0.1) is 0 Å². The van der Waals surface area contributed by atoms with Crippen molar-refractivity contribution in [1.29, 1.82) is 0 Å². The molecule has 19 heavy (non-hydrogen) atoms. The number of rotatable bonds is 6. The molecule has 1 aliphatic carbocycles. The molecule has 0 aliphatic heterocycles. The zero-order valence-corrected chi connectivity index (χ0v) is 12.4. The van der Waals surface area contributed by atoms with Gasteiger partial charge in [0.15, 0.2) is 0 Å². The highest BCUT2D eigenvalue weighted by molar-refractivity contribution is 7.11. The Labute approximate surface area is 118 Å². The Morgan fingerprint density at radius 3 is 3.11 bits per heavy atom. The molecule has 0 aromatic carbocycles. The van der Waals surface area contributed by atoms with Crippen LogP contribution >= 0.6 is 11.3 Å². The normalized spacial score (nSPS) is 18.1. The van der Waals surface area contributed by atoms with Crippen molar-refractivity contribution in [3.8, 4) is 0 Å². The van der Waals surface area contributed by atoms with Gasteiger partial charge in [0.25, 0.3) is 0 Å². The molecule has 1 unspecified atom stereocenters. The lowest BCUT2D eigenvalue weighted by Crippen LogP contribution is -2.20. The van der Waals surface area contributed by atoms with Crippen LogP contribution in [-0.2, 0) is 27.1 Å². The Hall–Kier alpha value is -0.940. The minimum Gasteiger partial charge on any atom is -0.465 e. The summed E-state index contributed by atoms with van der Waals surface area (Å²) < 4.78 is 10.2. The zero-order valence-electron chi connectivity index (χ0n) is 11.6. The third-order valence-electron chi connectivity index (χ3n) is 3.31. The lowest BCUT2D eigenvalue weighted by Gasteiger charge is -2.19. The lowest BCUT2D eigenvalue weighted by molar-refractivity contribution is -0.145. The lowest BCUT2D eigenvalue weighted by atomic mass is 9.91. The van der Waals surface area contributed by atoms with E-state index in [1.807, 2.05) is 6.92 Å². The van der Waals surface area contributed by atoms with E-state index in [1.165, 1.54) is 4.88 Å². The van der Waals surface area contributed by atoms with Crippen LogP contribution in [0.1, 0.15) is 47.7 Å². The van der Waals surface area contributed by atoms with Gasteiger partial charge in [-0.2, -0.15) is 0 Å². The van der Waals surface area contributed by atoms with Crippen LogP contribution in [0.3, 0.4) is 0 Å². The molecule has 106 valence electrons. The monoisotopic (exact) mass is 283 g/mol. The Morgan fingerprint density at radius 1 is 1.53 bits per heavy atom. The summed E-state index contributed by atoms with van der Waals surface area (Å²) in [5.74, 6) is -0.256. The average molecular weight is 283 g/mol. The molecule has 2 rings (SSSR count). The van der Waals surface area contributed by atoms with Crippen LogP contribution < -0.4 is 0 Å². The fourth-order valence-corrected chi connectivity index (χ4v) is 3.63. The van der Waals surface area contributed by atoms with Gasteiger partial charge in [-0.05, 0) is 32.6 Å². The van der Waals surface area contributed by atoms with Gasteiger partial charge in [0.2, 0.25) is 0 Å². The molecule has 1 aliphatic rings. The van der Waals surface area contributed by atoms with Crippen molar-refractivity contribution in [1.82, 2.24) is 4.98 Å². The van der Waals surface area contributed by atoms with Crippen molar-refractivity contribution in [3.05, 3.63) is 15.6 Å². The average Bonchev–Trinajstić information content (AvgIpc) is 2.81. The highest BCUT2D eigenvalue weighted by Crippen LogP contribution is 2.35. The molecular weight excluding hydrogens is 262 g/mol. The summed E-state index contributed by atoms with van der Waals surface area (Å²) in [5, 5.41) is 1.12. The van der Waals surface area contributed by atoms with Gasteiger partial charge in [-0.1, -0.05) is 0 Å². The molecule has 1 aromatic rings. The number of methoxy groups -OCH3 is 1. The molecule has 5 heteroatoms. The number of aryl methyl sites for hydroxylation is 2. The molecule has 1 aromatic heterocycles. The quantitative estimate of drug-likeness (QED) is 0.595. The first kappa shape index (κ1) is 14.5. The van der Waals surface area contributed by atoms with E-state index in [0.717, 1.165) is 49.4 Å². The van der Waals surface area contributed by atoms with Crippen molar-refractivity contribution < 1.29 is 14.3 Å². The molecule has 4 nitrogen and oxygen atoms in total. The predicted octanol–water partition coefficient (Wildman–Crippen LogP) is 2.71. The highest BCUT2D eigenvalue weighted by atomic mass is 32.1. The second-order valence-electron chi connectivity index (χ2n) is 4.71. The van der Waals surface area contributed by atoms with Crippen LogP contribution in [0.25, 0.3) is 0 Å². The number of nitrogens with zero attached hydrogens (tertiary/aromatic N) is 1. The number of carbonyl (C=O) groups excluding carboxylic acids is 1. The number of hydrogen-bond acceptors (Lipinski definition) is 5. The molecule has 0 amide bonds. The third-order valence-corrected chi connectivity index (χ3v) is 4.50. The molecule has 0 spiro atoms. The fraction of sp³-hybridized carbons (Fsp3) is 0.714. The smallest absolute Gasteiger partial charge is 0.315 e. The Kier molecular flexibility index (Phi) is 5.34. The number of thiazole rings is 1. The first-order chi connectivity index (χ1) is 9.26. The van der Waals surface area contributed by atoms with Gasteiger partial charge in [-0.15, -0.1) is 11.3 Å². The minimum absolute atomic E-state index is 0.114. The van der Waals surface area contributed by atoms with E-state index in [2.05, 4.69) is 4.98 Å². The first-order valence-corrected chi connectivity index (χ1v) is 7.72. The van der Waals surface area contributed by atoms with Crippen LogP contribution in [0.15, 0.2) is 0 Å². The summed E-state index contributed by atoms with van der Waals surface area (Å²) in [5.41, 5.74) is 0.974. The molecular formula is C14H21NO3S. The van der Waals surface area contributed by atoms with E-state index in [4.69, 9.17) is 9.47 Å². The molecule has 0 radical (unpaired) electrons. The second kappa shape index (κ2) is 7.01. The van der Waals surface area contributed by atoms with Gasteiger partial charge in [-0.3, -0.25) is 4.79 Å². The summed E-state index contributed by atoms with van der Waals surface area (Å²) >= 11 is 1.75. The van der Waals surface area contributed by atoms with Gasteiger partial charge < -0.3 is 9.47 Å². The van der Waals surface area contributed by atoms with E-state index in [0.29, 0.717) is 6.61 Å². The highest BCUT2D eigenvalue weighted by Gasteiger charge is 2.31. The summed E-state index contributed by atoms with van der Waals surface area (Å²) in [6.07, 6.45) is 4.88. The SMILES string of the molecule is CCOC(=O)C1CCCc2sc(CCCOC)nc21. The minimum atomic E-state index is -0.142. The molecule has 0 saturated carbocycles. The Bertz CT molecular complexity index is 430. The number of hydrogen-bond donors (Lipinski definition) is 0. The number of aromatic nitrogens is 1. The van der Waals surface area contributed by atoms with Crippen LogP contribution in [0.2, 0.25) is 0 Å². The predicted molar refractivity (Wildman–Crippen MR) is 74.6 cm³/mol. The van der Waals surface area contributed by atoms with Crippen molar-refractivity contribution >= 4 is 17.3 Å². The zero-order chi connectivity index (χ0) is 13.7. The number of esters is 1. The molecule has 0 saturated heterocycles. The van der Waals surface area contributed by atoms with Crippen molar-refractivity contribution in [3.63, 3.8) is 0 Å². The standard InChI is InChI=1S/C14H21NO3S/c1-3-18-14(16)10-6-4-7-11-13(10)15-12(19-11)8-5-9-17-2/h10H,3-9H2,1-2H3. The summed E-state index contributed by atoms with van der Waals surface area (Å²) in [6.45, 7) is 3.04. The van der Waals surface area contributed by atoms with E-state index < -0.39 is 0 Å². The van der Waals surface area contributed by atoms with E-state index in [-0.39, 0.29) is 11.9 Å². The number of ether oxygens (including phenoxy) is 2.